The summed E-state index contributed by atoms with van der Waals surface area (Å²) in [7, 11) is 0. The van der Waals surface area contributed by atoms with E-state index in [2.05, 4.69) is 90.8 Å². The van der Waals surface area contributed by atoms with Crippen LogP contribution in [-0.4, -0.2) is 15.4 Å². The first kappa shape index (κ1) is 21.0. The molecule has 0 spiro atoms. The van der Waals surface area contributed by atoms with Gasteiger partial charge in [0.2, 0.25) is 0 Å². The van der Waals surface area contributed by atoms with Gasteiger partial charge in [-0.05, 0) is 37.6 Å². The Bertz CT molecular complexity index is 1630. The van der Waals surface area contributed by atoms with Crippen molar-refractivity contribution >= 4 is 10.9 Å². The maximum absolute atomic E-state index is 5.75. The zero-order valence-electron chi connectivity index (χ0n) is 19.6. The van der Waals surface area contributed by atoms with Crippen molar-refractivity contribution in [3.63, 3.8) is 0 Å². The lowest BCUT2D eigenvalue weighted by molar-refractivity contribution is 0.441. The van der Waals surface area contributed by atoms with E-state index in [1.807, 2.05) is 36.4 Å². The van der Waals surface area contributed by atoms with Gasteiger partial charge in [0.05, 0.1) is 11.1 Å². The van der Waals surface area contributed by atoms with Crippen LogP contribution in [0.25, 0.3) is 55.9 Å². The van der Waals surface area contributed by atoms with Crippen LogP contribution in [0.15, 0.2) is 108 Å². The number of fused-ring (bicyclic) bond motifs is 1. The third-order valence-corrected chi connectivity index (χ3v) is 6.29. The van der Waals surface area contributed by atoms with Crippen molar-refractivity contribution in [1.29, 1.82) is 0 Å². The molecule has 0 aliphatic carbocycles. The average Bonchev–Trinajstić information content (AvgIpc) is 3.33. The van der Waals surface area contributed by atoms with Crippen LogP contribution in [0.4, 0.5) is 0 Å². The van der Waals surface area contributed by atoms with Gasteiger partial charge in [-0.1, -0.05) is 101 Å². The van der Waals surface area contributed by atoms with Gasteiger partial charge in [-0.2, -0.15) is 0 Å². The van der Waals surface area contributed by atoms with Crippen LogP contribution in [0.1, 0.15) is 11.1 Å². The minimum absolute atomic E-state index is 0.764. The van der Waals surface area contributed by atoms with Crippen molar-refractivity contribution in [3.8, 4) is 45.0 Å². The highest BCUT2D eigenvalue weighted by molar-refractivity contribution is 5.96. The minimum atomic E-state index is 0.764. The molecule has 0 radical (unpaired) electrons. The standard InChI is InChI=1S/C31H23N3O/c1-20-8-12-22(13-9-20)29-19-26(30(33-32-29)23-14-10-21(2)11-15-23)25-16-17-28-27(18-25)31(35-34-28)24-6-4-3-5-7-24/h3-19H,1-2H3. The van der Waals surface area contributed by atoms with E-state index >= 15 is 0 Å². The molecule has 2 heterocycles. The molecule has 0 aliphatic heterocycles. The van der Waals surface area contributed by atoms with Crippen molar-refractivity contribution < 1.29 is 4.52 Å². The molecule has 0 N–H and O–H groups in total. The van der Waals surface area contributed by atoms with Gasteiger partial charge >= 0.3 is 0 Å². The fraction of sp³-hybridized carbons (Fsp3) is 0.0645. The number of aryl methyl sites for hydroxylation is 2. The van der Waals surface area contributed by atoms with Gasteiger partial charge in [-0.25, -0.2) is 0 Å². The van der Waals surface area contributed by atoms with Crippen LogP contribution in [0.3, 0.4) is 0 Å². The van der Waals surface area contributed by atoms with Crippen LogP contribution in [-0.2, 0) is 0 Å². The van der Waals surface area contributed by atoms with E-state index in [1.54, 1.807) is 0 Å². The van der Waals surface area contributed by atoms with Gasteiger partial charge in [0.25, 0.3) is 0 Å². The van der Waals surface area contributed by atoms with Crippen molar-refractivity contribution in [1.82, 2.24) is 15.4 Å². The summed E-state index contributed by atoms with van der Waals surface area (Å²) < 4.78 is 5.75. The number of benzene rings is 4. The molecule has 0 aliphatic rings. The third kappa shape index (κ3) is 4.00. The zero-order chi connectivity index (χ0) is 23.8. The van der Waals surface area contributed by atoms with Gasteiger partial charge in [0, 0.05) is 22.3 Å². The molecule has 0 fully saturated rings. The fourth-order valence-corrected chi connectivity index (χ4v) is 4.31. The molecule has 0 saturated heterocycles. The van der Waals surface area contributed by atoms with Crippen LogP contribution < -0.4 is 0 Å². The zero-order valence-corrected chi connectivity index (χ0v) is 19.6. The second-order valence-electron chi connectivity index (χ2n) is 8.83. The maximum atomic E-state index is 5.75. The topological polar surface area (TPSA) is 51.8 Å². The van der Waals surface area contributed by atoms with Crippen LogP contribution in [0.5, 0.6) is 0 Å². The fourth-order valence-electron chi connectivity index (χ4n) is 4.31. The highest BCUT2D eigenvalue weighted by atomic mass is 16.5. The molecule has 4 nitrogen and oxygen atoms in total. The quantitative estimate of drug-likeness (QED) is 0.272. The molecule has 2 aromatic heterocycles. The number of rotatable bonds is 4. The largest absolute Gasteiger partial charge is 0.355 e. The average molecular weight is 454 g/mol. The highest BCUT2D eigenvalue weighted by Crippen LogP contribution is 2.37. The van der Waals surface area contributed by atoms with Gasteiger partial charge < -0.3 is 4.52 Å². The predicted octanol–water partition coefficient (Wildman–Crippen LogP) is 7.90. The molecule has 0 bridgehead atoms. The van der Waals surface area contributed by atoms with Crippen molar-refractivity contribution in [2.75, 3.05) is 0 Å². The Kier molecular flexibility index (Phi) is 5.19. The first-order valence-electron chi connectivity index (χ1n) is 11.6. The molecule has 35 heavy (non-hydrogen) atoms. The van der Waals surface area contributed by atoms with Crippen molar-refractivity contribution in [2.45, 2.75) is 13.8 Å². The van der Waals surface area contributed by atoms with Gasteiger partial charge in [-0.3, -0.25) is 0 Å². The summed E-state index contributed by atoms with van der Waals surface area (Å²) in [6, 6.07) is 35.2. The Morgan fingerprint density at radius 1 is 0.571 bits per heavy atom. The SMILES string of the molecule is Cc1ccc(-c2cc(-c3ccc4noc(-c5ccccc5)c4c3)c(-c3ccc(C)cc3)nn2)cc1. The summed E-state index contributed by atoms with van der Waals surface area (Å²) in [4.78, 5) is 0. The summed E-state index contributed by atoms with van der Waals surface area (Å²) in [5.74, 6) is 0.764. The molecule has 4 aromatic carbocycles. The monoisotopic (exact) mass is 453 g/mol. The first-order chi connectivity index (χ1) is 17.2. The lowest BCUT2D eigenvalue weighted by Crippen LogP contribution is -1.96. The maximum Gasteiger partial charge on any atom is 0.174 e. The van der Waals surface area contributed by atoms with Crippen molar-refractivity contribution in [2.24, 2.45) is 0 Å². The number of hydrogen-bond donors (Lipinski definition) is 0. The molecule has 6 aromatic rings. The van der Waals surface area contributed by atoms with Gasteiger partial charge in [-0.15, -0.1) is 10.2 Å². The number of hydrogen-bond acceptors (Lipinski definition) is 4. The molecular formula is C31H23N3O. The molecule has 0 amide bonds. The number of aromatic nitrogens is 3. The molecule has 4 heteroatoms. The second-order valence-corrected chi connectivity index (χ2v) is 8.83. The van der Waals surface area contributed by atoms with Gasteiger partial charge in [0.1, 0.15) is 11.2 Å². The lowest BCUT2D eigenvalue weighted by Gasteiger charge is -2.12. The Balaban J connectivity index is 1.56. The predicted molar refractivity (Wildman–Crippen MR) is 141 cm³/mol. The Morgan fingerprint density at radius 2 is 1.23 bits per heavy atom. The smallest absolute Gasteiger partial charge is 0.174 e. The van der Waals surface area contributed by atoms with Crippen molar-refractivity contribution in [3.05, 3.63) is 114 Å². The second kappa shape index (κ2) is 8.65. The van der Waals surface area contributed by atoms with Crippen LogP contribution >= 0.6 is 0 Å². The molecule has 0 atom stereocenters. The van der Waals surface area contributed by atoms with E-state index in [4.69, 9.17) is 9.62 Å². The van der Waals surface area contributed by atoms with E-state index in [9.17, 15) is 0 Å². The Hall–Kier alpha value is -4.57. The lowest BCUT2D eigenvalue weighted by atomic mass is 9.96. The van der Waals surface area contributed by atoms with E-state index in [0.29, 0.717) is 0 Å². The van der Waals surface area contributed by atoms with E-state index in [-0.39, 0.29) is 0 Å². The molecule has 0 saturated carbocycles. The van der Waals surface area contributed by atoms with Crippen LogP contribution in [0.2, 0.25) is 0 Å². The normalized spacial score (nSPS) is 11.1. The molecule has 6 rings (SSSR count). The van der Waals surface area contributed by atoms with E-state index in [0.717, 1.165) is 55.9 Å². The minimum Gasteiger partial charge on any atom is -0.355 e. The van der Waals surface area contributed by atoms with Gasteiger partial charge in [0.15, 0.2) is 5.76 Å². The first-order valence-corrected chi connectivity index (χ1v) is 11.6. The molecular weight excluding hydrogens is 430 g/mol. The van der Waals surface area contributed by atoms with E-state index < -0.39 is 0 Å². The highest BCUT2D eigenvalue weighted by Gasteiger charge is 2.16. The van der Waals surface area contributed by atoms with Crippen LogP contribution in [0, 0.1) is 13.8 Å². The summed E-state index contributed by atoms with van der Waals surface area (Å²) >= 11 is 0. The van der Waals surface area contributed by atoms with E-state index in [1.165, 1.54) is 11.1 Å². The third-order valence-electron chi connectivity index (χ3n) is 6.29. The summed E-state index contributed by atoms with van der Waals surface area (Å²) in [5.41, 5.74) is 10.0. The molecule has 0 unspecified atom stereocenters. The summed E-state index contributed by atoms with van der Waals surface area (Å²) in [6.45, 7) is 4.17. The summed E-state index contributed by atoms with van der Waals surface area (Å²) in [6.07, 6.45) is 0. The summed E-state index contributed by atoms with van der Waals surface area (Å²) in [5, 5.41) is 14.6. The molecule has 168 valence electrons. The number of nitrogens with zero attached hydrogens (tertiary/aromatic N) is 3. The Morgan fingerprint density at radius 3 is 1.94 bits per heavy atom. The Labute approximate surface area is 203 Å².